The molecule has 3 heteroatoms. The maximum Gasteiger partial charge on any atom is 0.258 e. The molecule has 0 saturated heterocycles. The molecule has 0 atom stereocenters. The highest BCUT2D eigenvalue weighted by Crippen LogP contribution is 2.16. The zero-order valence-corrected chi connectivity index (χ0v) is 5.97. The molecule has 1 fully saturated rings. The Balaban J connectivity index is 2.19. The Kier molecular flexibility index (Phi) is 2.97. The van der Waals surface area contributed by atoms with Crippen molar-refractivity contribution >= 4 is 6.08 Å². The minimum atomic E-state index is 0.426. The third-order valence-corrected chi connectivity index (χ3v) is 1.90. The molecule has 1 saturated carbocycles. The molecule has 0 unspecified atom stereocenters. The molecule has 0 radical (unpaired) electrons. The van der Waals surface area contributed by atoms with Crippen LogP contribution in [0.3, 0.4) is 0 Å². The minimum absolute atomic E-state index is 0.426. The summed E-state index contributed by atoms with van der Waals surface area (Å²) in [5.41, 5.74) is 2.77. The van der Waals surface area contributed by atoms with Crippen LogP contribution in [0.25, 0.3) is 0 Å². The van der Waals surface area contributed by atoms with Gasteiger partial charge >= 0.3 is 0 Å². The Morgan fingerprint density at radius 2 is 2.00 bits per heavy atom. The lowest BCUT2D eigenvalue weighted by Gasteiger charge is -2.19. The molecule has 0 aromatic rings. The number of nitrogens with one attached hydrogen (secondary N) is 1. The van der Waals surface area contributed by atoms with E-state index in [1.165, 1.54) is 25.3 Å². The fourth-order valence-electron chi connectivity index (χ4n) is 1.35. The zero-order chi connectivity index (χ0) is 7.23. The highest BCUT2D eigenvalue weighted by Gasteiger charge is 2.11. The van der Waals surface area contributed by atoms with Gasteiger partial charge in [-0.25, -0.2) is 4.79 Å². The Morgan fingerprint density at radius 1 is 1.30 bits per heavy atom. The van der Waals surface area contributed by atoms with Crippen molar-refractivity contribution in [2.75, 3.05) is 0 Å². The smallest absolute Gasteiger partial charge is 0.258 e. The standard InChI is InChI=1S/C7H12N2O/c10-6-8-9-7-4-2-1-3-5-7/h7,9H,1-5H2. The second kappa shape index (κ2) is 4.07. The molecule has 1 aliphatic carbocycles. The molecule has 10 heavy (non-hydrogen) atoms. The van der Waals surface area contributed by atoms with Gasteiger partial charge in [-0.1, -0.05) is 24.4 Å². The first kappa shape index (κ1) is 7.29. The van der Waals surface area contributed by atoms with Gasteiger partial charge in [-0.15, -0.1) is 0 Å². The lowest BCUT2D eigenvalue weighted by atomic mass is 9.96. The molecule has 0 amide bonds. The predicted octanol–water partition coefficient (Wildman–Crippen LogP) is 1.16. The van der Waals surface area contributed by atoms with Gasteiger partial charge in [0.1, 0.15) is 0 Å². The maximum atomic E-state index is 9.69. The average molecular weight is 140 g/mol. The van der Waals surface area contributed by atoms with E-state index in [-0.39, 0.29) is 0 Å². The maximum absolute atomic E-state index is 9.69. The molecule has 1 aliphatic rings. The summed E-state index contributed by atoms with van der Waals surface area (Å²) in [6, 6.07) is 0.426. The summed E-state index contributed by atoms with van der Waals surface area (Å²) in [5, 5.41) is 3.34. The first-order valence-electron chi connectivity index (χ1n) is 3.76. The number of nitrogens with zero attached hydrogens (tertiary/aromatic N) is 1. The molecular formula is C7H12N2O. The third kappa shape index (κ3) is 2.19. The lowest BCUT2D eigenvalue weighted by molar-refractivity contribution is 0.379. The number of hydrazone groups is 1. The lowest BCUT2D eigenvalue weighted by Crippen LogP contribution is -2.26. The van der Waals surface area contributed by atoms with Gasteiger partial charge in [-0.05, 0) is 12.8 Å². The Bertz CT molecular complexity index is 135. The van der Waals surface area contributed by atoms with Crippen LogP contribution in [-0.2, 0) is 4.79 Å². The molecule has 0 aromatic carbocycles. The fourth-order valence-corrected chi connectivity index (χ4v) is 1.35. The van der Waals surface area contributed by atoms with Gasteiger partial charge < -0.3 is 0 Å². The number of isocyanates is 1. The summed E-state index contributed by atoms with van der Waals surface area (Å²) in [7, 11) is 0. The minimum Gasteiger partial charge on any atom is -0.296 e. The summed E-state index contributed by atoms with van der Waals surface area (Å²) < 4.78 is 0. The normalized spacial score (nSPS) is 19.6. The van der Waals surface area contributed by atoms with Crippen molar-refractivity contribution in [3.63, 3.8) is 0 Å². The van der Waals surface area contributed by atoms with Crippen molar-refractivity contribution in [1.82, 2.24) is 5.43 Å². The van der Waals surface area contributed by atoms with Gasteiger partial charge in [-0.2, -0.15) is 0 Å². The largest absolute Gasteiger partial charge is 0.296 e. The molecule has 0 heterocycles. The highest BCUT2D eigenvalue weighted by molar-refractivity contribution is 5.32. The van der Waals surface area contributed by atoms with Gasteiger partial charge in [0.2, 0.25) is 0 Å². The fraction of sp³-hybridized carbons (Fsp3) is 0.857. The quantitative estimate of drug-likeness (QED) is 0.355. The second-order valence-electron chi connectivity index (χ2n) is 2.67. The Hall–Kier alpha value is -0.820. The molecular weight excluding hydrogens is 128 g/mol. The van der Waals surface area contributed by atoms with Crippen molar-refractivity contribution in [3.8, 4) is 0 Å². The number of hydrogen-bond donors (Lipinski definition) is 1. The first-order valence-corrected chi connectivity index (χ1v) is 3.76. The summed E-state index contributed by atoms with van der Waals surface area (Å²) in [6.07, 6.45) is 7.60. The molecule has 0 aliphatic heterocycles. The van der Waals surface area contributed by atoms with E-state index in [4.69, 9.17) is 0 Å². The van der Waals surface area contributed by atoms with E-state index < -0.39 is 0 Å². The monoisotopic (exact) mass is 140 g/mol. The van der Waals surface area contributed by atoms with E-state index in [0.717, 1.165) is 12.8 Å². The van der Waals surface area contributed by atoms with E-state index in [0.29, 0.717) is 6.04 Å². The Morgan fingerprint density at radius 3 is 2.60 bits per heavy atom. The number of rotatable bonds is 2. The summed E-state index contributed by atoms with van der Waals surface area (Å²) in [6.45, 7) is 0. The average Bonchev–Trinajstić information content (AvgIpc) is 2.03. The van der Waals surface area contributed by atoms with Crippen LogP contribution in [-0.4, -0.2) is 12.1 Å². The van der Waals surface area contributed by atoms with Crippen LogP contribution in [0.4, 0.5) is 0 Å². The van der Waals surface area contributed by atoms with Crippen molar-refractivity contribution in [2.24, 2.45) is 5.10 Å². The van der Waals surface area contributed by atoms with Gasteiger partial charge in [0.25, 0.3) is 6.08 Å². The van der Waals surface area contributed by atoms with Crippen molar-refractivity contribution in [2.45, 2.75) is 38.1 Å². The number of hydrogen-bond acceptors (Lipinski definition) is 3. The van der Waals surface area contributed by atoms with E-state index in [1.54, 1.807) is 0 Å². The van der Waals surface area contributed by atoms with E-state index >= 15 is 0 Å². The van der Waals surface area contributed by atoms with E-state index in [2.05, 4.69) is 10.5 Å². The van der Waals surface area contributed by atoms with Crippen molar-refractivity contribution in [3.05, 3.63) is 0 Å². The van der Waals surface area contributed by atoms with E-state index in [9.17, 15) is 4.79 Å². The third-order valence-electron chi connectivity index (χ3n) is 1.90. The first-order chi connectivity index (χ1) is 4.93. The second-order valence-corrected chi connectivity index (χ2v) is 2.67. The summed E-state index contributed by atoms with van der Waals surface area (Å²) >= 11 is 0. The van der Waals surface area contributed by atoms with Crippen molar-refractivity contribution < 1.29 is 4.79 Å². The molecule has 1 N–H and O–H groups in total. The molecule has 56 valence electrons. The van der Waals surface area contributed by atoms with Gasteiger partial charge in [-0.3, -0.25) is 5.43 Å². The molecule has 0 spiro atoms. The van der Waals surface area contributed by atoms with Crippen LogP contribution >= 0.6 is 0 Å². The van der Waals surface area contributed by atoms with Gasteiger partial charge in [0, 0.05) is 6.04 Å². The zero-order valence-electron chi connectivity index (χ0n) is 5.97. The van der Waals surface area contributed by atoms with Gasteiger partial charge in [0.05, 0.1) is 0 Å². The molecule has 3 nitrogen and oxygen atoms in total. The van der Waals surface area contributed by atoms with Crippen LogP contribution in [0.1, 0.15) is 32.1 Å². The Labute approximate surface area is 60.5 Å². The summed E-state index contributed by atoms with van der Waals surface area (Å²) in [5.74, 6) is 0. The highest BCUT2D eigenvalue weighted by atomic mass is 16.1. The predicted molar refractivity (Wildman–Crippen MR) is 38.1 cm³/mol. The van der Waals surface area contributed by atoms with Crippen LogP contribution < -0.4 is 5.43 Å². The molecule has 0 aromatic heterocycles. The molecule has 0 bridgehead atoms. The molecule has 1 rings (SSSR count). The van der Waals surface area contributed by atoms with Gasteiger partial charge in [0.15, 0.2) is 0 Å². The van der Waals surface area contributed by atoms with Crippen LogP contribution in [0.15, 0.2) is 5.10 Å². The topological polar surface area (TPSA) is 41.5 Å². The van der Waals surface area contributed by atoms with Crippen molar-refractivity contribution in [1.29, 1.82) is 0 Å². The van der Waals surface area contributed by atoms with Crippen LogP contribution in [0.2, 0.25) is 0 Å². The van der Waals surface area contributed by atoms with Crippen LogP contribution in [0, 0.1) is 0 Å². The van der Waals surface area contributed by atoms with E-state index in [1.807, 2.05) is 0 Å². The summed E-state index contributed by atoms with van der Waals surface area (Å²) in [4.78, 5) is 9.69. The number of carbonyl (C=O) groups excluding carboxylic acids is 1. The SMILES string of the molecule is O=C=NNC1CCCCC1. The van der Waals surface area contributed by atoms with Crippen LogP contribution in [0.5, 0.6) is 0 Å².